The van der Waals surface area contributed by atoms with Gasteiger partial charge in [0, 0.05) is 5.02 Å². The van der Waals surface area contributed by atoms with E-state index in [1.54, 1.807) is 0 Å². The van der Waals surface area contributed by atoms with Gasteiger partial charge in [0.05, 0.1) is 0 Å². The molecule has 16 heavy (non-hydrogen) atoms. The van der Waals surface area contributed by atoms with Crippen molar-refractivity contribution in [3.05, 3.63) is 71.8 Å². The molecule has 0 fully saturated rings. The second kappa shape index (κ2) is 5.15. The van der Waals surface area contributed by atoms with Crippen molar-refractivity contribution in [1.82, 2.24) is 0 Å². The van der Waals surface area contributed by atoms with Crippen molar-refractivity contribution in [2.75, 3.05) is 0 Å². The fourth-order valence-corrected chi connectivity index (χ4v) is 2.56. The van der Waals surface area contributed by atoms with Gasteiger partial charge in [-0.15, -0.1) is 0 Å². The van der Waals surface area contributed by atoms with Crippen molar-refractivity contribution in [1.29, 1.82) is 0 Å². The summed E-state index contributed by atoms with van der Waals surface area (Å²) in [5, 5.41) is 3.21. The fourth-order valence-electron chi connectivity index (χ4n) is 1.42. The van der Waals surface area contributed by atoms with Crippen LogP contribution in [-0.4, -0.2) is 9.52 Å². The first kappa shape index (κ1) is 11.2. The summed E-state index contributed by atoms with van der Waals surface area (Å²) in [5.41, 5.74) is 1.16. The minimum Gasteiger partial charge on any atom is -0.0993 e. The first-order valence-electron chi connectivity index (χ1n) is 5.02. The molecule has 0 aliphatic rings. The van der Waals surface area contributed by atoms with E-state index in [0.29, 0.717) is 9.52 Å². The van der Waals surface area contributed by atoms with Gasteiger partial charge in [-0.2, -0.15) is 0 Å². The molecule has 0 bridgehead atoms. The molecule has 0 unspecified atom stereocenters. The van der Waals surface area contributed by atoms with Gasteiger partial charge in [-0.3, -0.25) is 0 Å². The standard InChI is InChI=1S/C14H11ClSi/c1-11(12-7-9-13(15)10-8-12)16-14-5-3-2-4-6-14/h2-10H,1H2. The summed E-state index contributed by atoms with van der Waals surface area (Å²) in [7, 11) is 0.615. The zero-order chi connectivity index (χ0) is 11.4. The second-order valence-corrected chi connectivity index (χ2v) is 5.34. The Morgan fingerprint density at radius 1 is 0.938 bits per heavy atom. The highest BCUT2D eigenvalue weighted by atomic mass is 35.5. The molecular weight excluding hydrogens is 232 g/mol. The molecule has 0 aliphatic carbocycles. The Morgan fingerprint density at radius 2 is 1.56 bits per heavy atom. The van der Waals surface area contributed by atoms with Crippen molar-refractivity contribution >= 4 is 31.5 Å². The van der Waals surface area contributed by atoms with Gasteiger partial charge in [0.2, 0.25) is 0 Å². The number of benzene rings is 2. The third kappa shape index (κ3) is 2.84. The van der Waals surface area contributed by atoms with Crippen molar-refractivity contribution in [3.8, 4) is 0 Å². The summed E-state index contributed by atoms with van der Waals surface area (Å²) in [6, 6.07) is 18.2. The van der Waals surface area contributed by atoms with E-state index in [4.69, 9.17) is 11.6 Å². The Balaban J connectivity index is 2.12. The normalized spacial score (nSPS) is 10.1. The first-order valence-corrected chi connectivity index (χ1v) is 6.40. The van der Waals surface area contributed by atoms with Gasteiger partial charge in [0.15, 0.2) is 0 Å². The fraction of sp³-hybridized carbons (Fsp3) is 0. The molecule has 0 aromatic heterocycles. The minimum atomic E-state index is 0.615. The quantitative estimate of drug-likeness (QED) is 0.725. The van der Waals surface area contributed by atoms with E-state index >= 15 is 0 Å². The van der Waals surface area contributed by atoms with Crippen LogP contribution in [0.2, 0.25) is 5.02 Å². The number of halogens is 1. The molecule has 2 heteroatoms. The Labute approximate surface area is 103 Å². The number of rotatable bonds is 3. The minimum absolute atomic E-state index is 0.615. The van der Waals surface area contributed by atoms with E-state index in [2.05, 4.69) is 30.8 Å². The Bertz CT molecular complexity index is 474. The van der Waals surface area contributed by atoms with E-state index in [1.165, 1.54) is 5.19 Å². The van der Waals surface area contributed by atoms with Crippen molar-refractivity contribution in [3.63, 3.8) is 0 Å². The van der Waals surface area contributed by atoms with Crippen LogP contribution in [0.25, 0.3) is 5.20 Å². The highest BCUT2D eigenvalue weighted by Crippen LogP contribution is 2.15. The van der Waals surface area contributed by atoms with Gasteiger partial charge in [0.25, 0.3) is 0 Å². The predicted molar refractivity (Wildman–Crippen MR) is 72.3 cm³/mol. The van der Waals surface area contributed by atoms with Crippen molar-refractivity contribution in [2.45, 2.75) is 0 Å². The Hall–Kier alpha value is -1.31. The zero-order valence-electron chi connectivity index (χ0n) is 8.78. The molecular formula is C14H11ClSi. The highest BCUT2D eigenvalue weighted by molar-refractivity contribution is 6.72. The van der Waals surface area contributed by atoms with Crippen molar-refractivity contribution in [2.24, 2.45) is 0 Å². The lowest BCUT2D eigenvalue weighted by Crippen LogP contribution is -2.14. The molecule has 2 aromatic carbocycles. The lowest BCUT2D eigenvalue weighted by atomic mass is 10.2. The molecule has 0 saturated carbocycles. The molecule has 0 heterocycles. The molecule has 0 atom stereocenters. The molecule has 2 aromatic rings. The van der Waals surface area contributed by atoms with Crippen LogP contribution >= 0.6 is 11.6 Å². The van der Waals surface area contributed by atoms with Crippen LogP contribution in [0, 0.1) is 0 Å². The van der Waals surface area contributed by atoms with Crippen LogP contribution in [0.5, 0.6) is 0 Å². The average Bonchev–Trinajstić information content (AvgIpc) is 2.31. The lowest BCUT2D eigenvalue weighted by Gasteiger charge is -2.04. The van der Waals surface area contributed by atoms with Gasteiger partial charge in [-0.25, -0.2) is 0 Å². The predicted octanol–water partition coefficient (Wildman–Crippen LogP) is 3.34. The monoisotopic (exact) mass is 242 g/mol. The van der Waals surface area contributed by atoms with Crippen LogP contribution in [0.15, 0.2) is 61.2 Å². The molecule has 2 rings (SSSR count). The van der Waals surface area contributed by atoms with Crippen LogP contribution in [0.1, 0.15) is 5.56 Å². The average molecular weight is 243 g/mol. The smallest absolute Gasteiger partial charge is 0.0993 e. The van der Waals surface area contributed by atoms with Crippen LogP contribution in [-0.2, 0) is 0 Å². The second-order valence-electron chi connectivity index (χ2n) is 3.48. The first-order chi connectivity index (χ1) is 7.75. The van der Waals surface area contributed by atoms with Crippen LogP contribution < -0.4 is 5.19 Å². The van der Waals surface area contributed by atoms with Gasteiger partial charge >= 0.3 is 0 Å². The summed E-state index contributed by atoms with van der Waals surface area (Å²) in [6.45, 7) is 4.12. The number of hydrogen-bond acceptors (Lipinski definition) is 0. The maximum absolute atomic E-state index is 5.85. The molecule has 2 radical (unpaired) electrons. The maximum Gasteiger partial charge on any atom is 0.121 e. The topological polar surface area (TPSA) is 0 Å². The third-order valence-corrected chi connectivity index (χ3v) is 3.73. The number of hydrogen-bond donors (Lipinski definition) is 0. The van der Waals surface area contributed by atoms with Gasteiger partial charge in [0.1, 0.15) is 9.52 Å². The third-order valence-electron chi connectivity index (χ3n) is 2.26. The van der Waals surface area contributed by atoms with Gasteiger partial charge in [-0.1, -0.05) is 71.0 Å². The van der Waals surface area contributed by atoms with Crippen LogP contribution in [0.4, 0.5) is 0 Å². The molecule has 0 saturated heterocycles. The summed E-state index contributed by atoms with van der Waals surface area (Å²) in [4.78, 5) is 0. The van der Waals surface area contributed by atoms with E-state index in [-0.39, 0.29) is 0 Å². The molecule has 0 N–H and O–H groups in total. The lowest BCUT2D eigenvalue weighted by molar-refractivity contribution is 1.65. The SMILES string of the molecule is C=C([Si]c1ccccc1)c1ccc(Cl)cc1. The molecule has 78 valence electrons. The van der Waals surface area contributed by atoms with Gasteiger partial charge in [-0.05, 0) is 17.7 Å². The highest BCUT2D eigenvalue weighted by Gasteiger charge is 2.01. The van der Waals surface area contributed by atoms with E-state index < -0.39 is 0 Å². The van der Waals surface area contributed by atoms with E-state index in [1.807, 2.05) is 30.3 Å². The van der Waals surface area contributed by atoms with Gasteiger partial charge < -0.3 is 0 Å². The summed E-state index contributed by atoms with van der Waals surface area (Å²) >= 11 is 5.85. The summed E-state index contributed by atoms with van der Waals surface area (Å²) < 4.78 is 0. The van der Waals surface area contributed by atoms with E-state index in [9.17, 15) is 0 Å². The largest absolute Gasteiger partial charge is 0.121 e. The zero-order valence-corrected chi connectivity index (χ0v) is 10.5. The van der Waals surface area contributed by atoms with Crippen LogP contribution in [0.3, 0.4) is 0 Å². The summed E-state index contributed by atoms with van der Waals surface area (Å²) in [5.74, 6) is 0. The maximum atomic E-state index is 5.85. The Kier molecular flexibility index (Phi) is 3.60. The molecule has 0 aliphatic heterocycles. The summed E-state index contributed by atoms with van der Waals surface area (Å²) in [6.07, 6.45) is 0. The van der Waals surface area contributed by atoms with E-state index in [0.717, 1.165) is 15.8 Å². The molecule has 0 spiro atoms. The molecule has 0 nitrogen and oxygen atoms in total. The van der Waals surface area contributed by atoms with Crippen molar-refractivity contribution < 1.29 is 0 Å². The molecule has 0 amide bonds. The Morgan fingerprint density at radius 3 is 2.19 bits per heavy atom.